The number of piperidine rings is 2. The van der Waals surface area contributed by atoms with Gasteiger partial charge in [0, 0.05) is 59.1 Å². The Morgan fingerprint density at radius 2 is 1.82 bits per heavy atom. The Kier molecular flexibility index (Phi) is 10.4. The standard InChI is InChI=1S/C45H55F3N6O5Si/c1-26(2)60(27(3)4,28(5)6)16-13-34-37(47)12-9-29-17-33(59-25-57-7)18-35(38(29)34)40-39(48)41-36(20-49-40)42(53-22-32-11-10-31(53)23-54(32)44(55)56)51-43(50-41)58-24-45-14-8-15-52(45)21-30(46)19-45/h9,12,17-18,20,26-28,30-32H,8,10-11,14-15,19,21-25H2,1-7H3,(H,55,56)/t30-,31?,32?,45+/m1/s1/i15D2,30D. The van der Waals surface area contributed by atoms with E-state index >= 15 is 13.2 Å². The lowest BCUT2D eigenvalue weighted by molar-refractivity contribution is 0.0512. The van der Waals surface area contributed by atoms with Crippen LogP contribution in [0.2, 0.25) is 16.6 Å². The summed E-state index contributed by atoms with van der Waals surface area (Å²) in [5.74, 6) is 2.43. The van der Waals surface area contributed by atoms with Gasteiger partial charge in [-0.3, -0.25) is 9.88 Å². The minimum atomic E-state index is -2.41. The third-order valence-electron chi connectivity index (χ3n) is 13.4. The van der Waals surface area contributed by atoms with Gasteiger partial charge in [-0.1, -0.05) is 53.5 Å². The van der Waals surface area contributed by atoms with E-state index in [9.17, 15) is 9.90 Å². The summed E-state index contributed by atoms with van der Waals surface area (Å²) in [5, 5.41) is 11.0. The number of anilines is 1. The molecule has 0 saturated carbocycles. The highest BCUT2D eigenvalue weighted by Gasteiger charge is 2.50. The van der Waals surface area contributed by atoms with Crippen molar-refractivity contribution in [2.75, 3.05) is 51.5 Å². The zero-order valence-corrected chi connectivity index (χ0v) is 36.2. The molecular formula is C45H55F3N6O5Si. The molecule has 2 aromatic heterocycles. The molecule has 15 heteroatoms. The molecule has 0 spiro atoms. The van der Waals surface area contributed by atoms with Crippen LogP contribution in [0.3, 0.4) is 0 Å². The summed E-state index contributed by atoms with van der Waals surface area (Å²) in [6, 6.07) is 5.33. The lowest BCUT2D eigenvalue weighted by atomic mass is 9.91. The first-order valence-electron chi connectivity index (χ1n) is 22.4. The van der Waals surface area contributed by atoms with Gasteiger partial charge >= 0.3 is 12.1 Å². The van der Waals surface area contributed by atoms with Gasteiger partial charge in [0.1, 0.15) is 49.4 Å². The quantitative estimate of drug-likeness (QED) is 0.0892. The molecule has 320 valence electrons. The highest BCUT2D eigenvalue weighted by atomic mass is 28.3. The van der Waals surface area contributed by atoms with Crippen LogP contribution in [0.5, 0.6) is 11.8 Å². The van der Waals surface area contributed by atoms with Crippen molar-refractivity contribution in [1.29, 1.82) is 0 Å². The van der Waals surface area contributed by atoms with Crippen molar-refractivity contribution < 1.29 is 41.4 Å². The Bertz CT molecular complexity index is 2500. The number of piperazine rings is 1. The van der Waals surface area contributed by atoms with Crippen LogP contribution < -0.4 is 14.4 Å². The number of carbonyl (C=O) groups is 1. The molecule has 2 unspecified atom stereocenters. The second kappa shape index (κ2) is 16.3. The fourth-order valence-corrected chi connectivity index (χ4v) is 15.7. The predicted molar refractivity (Wildman–Crippen MR) is 228 cm³/mol. The number of alkyl halides is 1. The number of hydrogen-bond donors (Lipinski definition) is 1. The minimum Gasteiger partial charge on any atom is -0.468 e. The first-order valence-corrected chi connectivity index (χ1v) is 23.1. The van der Waals surface area contributed by atoms with E-state index in [1.54, 1.807) is 18.2 Å². The number of halogens is 3. The monoisotopic (exact) mass is 847 g/mol. The highest BCUT2D eigenvalue weighted by molar-refractivity contribution is 6.90. The van der Waals surface area contributed by atoms with Crippen molar-refractivity contribution in [3.05, 3.63) is 47.7 Å². The molecule has 0 radical (unpaired) electrons. The van der Waals surface area contributed by atoms with Gasteiger partial charge in [-0.15, -0.1) is 5.54 Å². The van der Waals surface area contributed by atoms with E-state index in [4.69, 9.17) is 28.3 Å². The summed E-state index contributed by atoms with van der Waals surface area (Å²) in [4.78, 5) is 30.9. The van der Waals surface area contributed by atoms with Gasteiger partial charge in [0.05, 0.1) is 23.9 Å². The second-order valence-corrected chi connectivity index (χ2v) is 23.2. The van der Waals surface area contributed by atoms with Gasteiger partial charge < -0.3 is 29.1 Å². The highest BCUT2D eigenvalue weighted by Crippen LogP contribution is 2.44. The fraction of sp³-hybridized carbons (Fsp3) is 0.556. The van der Waals surface area contributed by atoms with Gasteiger partial charge in [-0.05, 0) is 72.4 Å². The van der Waals surface area contributed by atoms with Crippen LogP contribution in [0.1, 0.15) is 83.3 Å². The number of nitrogens with zero attached hydrogens (tertiary/aromatic N) is 6. The number of methoxy groups -OCH3 is 1. The van der Waals surface area contributed by atoms with Crippen LogP contribution in [0.4, 0.5) is 23.8 Å². The van der Waals surface area contributed by atoms with Crippen LogP contribution in [0.25, 0.3) is 32.9 Å². The predicted octanol–water partition coefficient (Wildman–Crippen LogP) is 8.96. The molecule has 0 aliphatic carbocycles. The molecule has 11 nitrogen and oxygen atoms in total. The normalized spacial score (nSPS) is 25.8. The molecule has 7 heterocycles. The summed E-state index contributed by atoms with van der Waals surface area (Å²) in [5.41, 5.74) is 3.22. The Morgan fingerprint density at radius 3 is 2.50 bits per heavy atom. The van der Waals surface area contributed by atoms with E-state index in [0.29, 0.717) is 29.4 Å². The average Bonchev–Trinajstić information content (AvgIpc) is 3.65. The van der Waals surface area contributed by atoms with Crippen LogP contribution >= 0.6 is 0 Å². The lowest BCUT2D eigenvalue weighted by Crippen LogP contribution is -2.64. The van der Waals surface area contributed by atoms with Crippen LogP contribution in [-0.2, 0) is 4.74 Å². The third-order valence-corrected chi connectivity index (χ3v) is 19.7. The Labute approximate surface area is 354 Å². The number of amides is 1. The maximum absolute atomic E-state index is 17.8. The van der Waals surface area contributed by atoms with Gasteiger partial charge in [-0.25, -0.2) is 18.0 Å². The number of ether oxygens (including phenoxy) is 3. The molecule has 4 aromatic rings. The number of aromatic nitrogens is 3. The topological polar surface area (TPSA) is 113 Å². The Hall–Kier alpha value is -4.65. The molecule has 2 aromatic carbocycles. The number of benzene rings is 2. The van der Waals surface area contributed by atoms with Gasteiger partial charge in [0.15, 0.2) is 12.6 Å². The number of rotatable bonds is 11. The van der Waals surface area contributed by atoms with Crippen LogP contribution in [0, 0.1) is 23.1 Å². The second-order valence-electron chi connectivity index (χ2n) is 17.6. The third kappa shape index (κ3) is 7.21. The molecule has 5 aliphatic rings. The molecule has 5 saturated heterocycles. The number of carboxylic acid groups (broad SMARTS) is 1. The lowest BCUT2D eigenvalue weighted by Gasteiger charge is -2.51. The average molecular weight is 848 g/mol. The van der Waals surface area contributed by atoms with Crippen molar-refractivity contribution in [2.45, 2.75) is 114 Å². The van der Waals surface area contributed by atoms with Gasteiger partial charge in [0.2, 0.25) is 0 Å². The summed E-state index contributed by atoms with van der Waals surface area (Å²) in [7, 11) is -0.892. The van der Waals surface area contributed by atoms with Gasteiger partial charge in [0.25, 0.3) is 0 Å². The van der Waals surface area contributed by atoms with E-state index in [-0.39, 0.29) is 114 Å². The molecule has 5 fully saturated rings. The molecule has 1 N–H and O–H groups in total. The van der Waals surface area contributed by atoms with Crippen molar-refractivity contribution >= 4 is 41.7 Å². The van der Waals surface area contributed by atoms with Crippen molar-refractivity contribution in [2.24, 2.45) is 0 Å². The number of fused-ring (bicyclic) bond motifs is 6. The smallest absolute Gasteiger partial charge is 0.407 e. The maximum Gasteiger partial charge on any atom is 0.407 e. The van der Waals surface area contributed by atoms with Crippen molar-refractivity contribution in [3.8, 4) is 34.5 Å². The first kappa shape index (κ1) is 38.3. The van der Waals surface area contributed by atoms with E-state index in [1.165, 1.54) is 29.2 Å². The van der Waals surface area contributed by atoms with Crippen LogP contribution in [0.15, 0.2) is 30.5 Å². The van der Waals surface area contributed by atoms with Crippen molar-refractivity contribution in [3.63, 3.8) is 0 Å². The SMILES string of the molecule is [2H]C1([2H])CC[C@@]2(COc3nc(N4CC5CCC4CN5C(=O)O)c4cnc(-c5cc(OCOC)cc6ccc(F)c(C#C[Si](C(C)C)(C(C)C)C(C)C)c56)c(F)c4n3)C[C@@]([2H])(F)CN12. The molecule has 60 heavy (non-hydrogen) atoms. The summed E-state index contributed by atoms with van der Waals surface area (Å²) < 4.78 is 92.0. The molecule has 4 atom stereocenters. The molecule has 9 rings (SSSR count). The van der Waals surface area contributed by atoms with Gasteiger partial charge in [-0.2, -0.15) is 9.97 Å². The first-order chi connectivity index (χ1) is 29.7. The Morgan fingerprint density at radius 1 is 1.07 bits per heavy atom. The summed E-state index contributed by atoms with van der Waals surface area (Å²) in [6.45, 7) is 10.8. The maximum atomic E-state index is 17.8. The number of hydrogen-bond acceptors (Lipinski definition) is 9. The molecule has 1 amide bonds. The van der Waals surface area contributed by atoms with E-state index < -0.39 is 50.5 Å². The molecule has 2 bridgehead atoms. The fourth-order valence-electron chi connectivity index (χ4n) is 10.5. The van der Waals surface area contributed by atoms with E-state index in [1.807, 2.05) is 4.90 Å². The molecule has 5 aliphatic heterocycles. The zero-order valence-electron chi connectivity index (χ0n) is 38.2. The molecular weight excluding hydrogens is 790 g/mol. The Balaban J connectivity index is 1.32. The van der Waals surface area contributed by atoms with E-state index in [0.717, 1.165) is 0 Å². The van der Waals surface area contributed by atoms with Crippen molar-refractivity contribution in [1.82, 2.24) is 24.8 Å². The minimum absolute atomic E-state index is 0.107. The number of pyridine rings is 1. The summed E-state index contributed by atoms with van der Waals surface area (Å²) in [6.07, 6.45) is -0.641. The largest absolute Gasteiger partial charge is 0.468 e. The zero-order chi connectivity index (χ0) is 45.4. The summed E-state index contributed by atoms with van der Waals surface area (Å²) >= 11 is 0. The van der Waals surface area contributed by atoms with Crippen LogP contribution in [-0.4, -0.2) is 114 Å². The van der Waals surface area contributed by atoms with E-state index in [2.05, 4.69) is 58.0 Å².